The molecule has 2 N–H and O–H groups in total. The van der Waals surface area contributed by atoms with Gasteiger partial charge in [0.15, 0.2) is 0 Å². The van der Waals surface area contributed by atoms with E-state index in [1.54, 1.807) is 6.07 Å². The summed E-state index contributed by atoms with van der Waals surface area (Å²) in [5.41, 5.74) is 5.33. The monoisotopic (exact) mass is 388 g/mol. The zero-order valence-corrected chi connectivity index (χ0v) is 12.4. The van der Waals surface area contributed by atoms with Crippen molar-refractivity contribution in [3.05, 3.63) is 43.5 Å². The van der Waals surface area contributed by atoms with Gasteiger partial charge in [-0.15, -0.1) is 0 Å². The van der Waals surface area contributed by atoms with Crippen molar-refractivity contribution < 1.29 is 9.66 Å². The van der Waals surface area contributed by atoms with Crippen LogP contribution < -0.4 is 10.5 Å². The number of nitrogens with zero attached hydrogens (tertiary/aromatic N) is 3. The lowest BCUT2D eigenvalue weighted by molar-refractivity contribution is -0.385. The van der Waals surface area contributed by atoms with Gasteiger partial charge in [-0.3, -0.25) is 10.1 Å². The summed E-state index contributed by atoms with van der Waals surface area (Å²) in [7, 11) is 0. The van der Waals surface area contributed by atoms with Gasteiger partial charge in [0.1, 0.15) is 10.4 Å². The Bertz CT molecular complexity index is 630. The van der Waals surface area contributed by atoms with Gasteiger partial charge in [0.05, 0.1) is 4.92 Å². The Labute approximate surface area is 124 Å². The van der Waals surface area contributed by atoms with Gasteiger partial charge in [-0.25, -0.2) is 0 Å². The Morgan fingerprint density at radius 2 is 2.00 bits per heavy atom. The molecule has 98 valence electrons. The van der Waals surface area contributed by atoms with Gasteiger partial charge < -0.3 is 10.5 Å². The molecule has 0 atom stereocenters. The number of aromatic nitrogens is 2. The molecule has 0 saturated heterocycles. The van der Waals surface area contributed by atoms with Crippen LogP contribution in [-0.4, -0.2) is 14.9 Å². The quantitative estimate of drug-likeness (QED) is 0.490. The first-order chi connectivity index (χ1) is 8.95. The molecule has 1 heterocycles. The summed E-state index contributed by atoms with van der Waals surface area (Å²) in [6.07, 6.45) is 0. The molecule has 0 spiro atoms. The molecule has 0 aliphatic heterocycles. The number of nitrogens with two attached hydrogens (primary N) is 1. The van der Waals surface area contributed by atoms with Crippen LogP contribution in [0.2, 0.25) is 0 Å². The normalized spacial score (nSPS) is 10.2. The number of nitro benzene ring substituents is 1. The van der Waals surface area contributed by atoms with Crippen molar-refractivity contribution in [2.75, 3.05) is 5.73 Å². The fourth-order valence-corrected chi connectivity index (χ4v) is 2.01. The average Bonchev–Trinajstić information content (AvgIpc) is 2.30. The Hall–Kier alpha value is -1.74. The number of hydrogen-bond donors (Lipinski definition) is 1. The summed E-state index contributed by atoms with van der Waals surface area (Å²) in [6.45, 7) is 0. The van der Waals surface area contributed by atoms with E-state index in [9.17, 15) is 10.1 Å². The predicted molar refractivity (Wildman–Crippen MR) is 75.0 cm³/mol. The zero-order chi connectivity index (χ0) is 14.0. The van der Waals surface area contributed by atoms with Gasteiger partial charge in [-0.05, 0) is 28.1 Å². The summed E-state index contributed by atoms with van der Waals surface area (Å²) in [5.74, 6) is 0.224. The summed E-state index contributed by atoms with van der Waals surface area (Å²) >= 11 is 6.29. The highest BCUT2D eigenvalue weighted by Gasteiger charge is 2.17. The molecule has 0 fully saturated rings. The molecular formula is C10H6Br2N4O3. The molecule has 7 nitrogen and oxygen atoms in total. The van der Waals surface area contributed by atoms with Crippen molar-refractivity contribution in [1.82, 2.24) is 9.97 Å². The summed E-state index contributed by atoms with van der Waals surface area (Å²) in [4.78, 5) is 18.1. The van der Waals surface area contributed by atoms with E-state index >= 15 is 0 Å². The maximum atomic E-state index is 10.9. The second-order valence-corrected chi connectivity index (χ2v) is 5.10. The van der Waals surface area contributed by atoms with Crippen molar-refractivity contribution in [3.8, 4) is 11.8 Å². The molecule has 0 aliphatic rings. The number of halogens is 2. The molecule has 0 bridgehead atoms. The van der Waals surface area contributed by atoms with Crippen LogP contribution in [0, 0.1) is 10.1 Å². The van der Waals surface area contributed by atoms with E-state index in [1.165, 1.54) is 18.2 Å². The number of nitro groups is 1. The third-order valence-electron chi connectivity index (χ3n) is 2.01. The van der Waals surface area contributed by atoms with Gasteiger partial charge in [0.2, 0.25) is 5.75 Å². The number of benzene rings is 1. The first-order valence-electron chi connectivity index (χ1n) is 4.87. The van der Waals surface area contributed by atoms with Crippen LogP contribution in [0.25, 0.3) is 0 Å². The lowest BCUT2D eigenvalue weighted by Crippen LogP contribution is -1.99. The van der Waals surface area contributed by atoms with Crippen LogP contribution >= 0.6 is 31.9 Å². The molecule has 0 aliphatic carbocycles. The Morgan fingerprint density at radius 3 is 2.63 bits per heavy atom. The van der Waals surface area contributed by atoms with E-state index in [2.05, 4.69) is 41.8 Å². The molecule has 0 unspecified atom stereocenters. The van der Waals surface area contributed by atoms with Gasteiger partial charge >= 0.3 is 11.7 Å². The molecule has 0 radical (unpaired) electrons. The van der Waals surface area contributed by atoms with Crippen molar-refractivity contribution >= 4 is 43.4 Å². The van der Waals surface area contributed by atoms with E-state index in [-0.39, 0.29) is 23.3 Å². The van der Waals surface area contributed by atoms with Crippen molar-refractivity contribution in [2.24, 2.45) is 0 Å². The minimum absolute atomic E-state index is 0.0331. The van der Waals surface area contributed by atoms with E-state index < -0.39 is 4.92 Å². The maximum Gasteiger partial charge on any atom is 0.325 e. The average molecular weight is 390 g/mol. The molecule has 0 saturated carbocycles. The second-order valence-electron chi connectivity index (χ2n) is 3.37. The van der Waals surface area contributed by atoms with Gasteiger partial charge in [0.25, 0.3) is 0 Å². The van der Waals surface area contributed by atoms with E-state index in [4.69, 9.17) is 10.5 Å². The predicted octanol–water partition coefficient (Wildman–Crippen LogP) is 3.28. The van der Waals surface area contributed by atoms with Crippen LogP contribution in [0.1, 0.15) is 0 Å². The third kappa shape index (κ3) is 3.38. The van der Waals surface area contributed by atoms with Crippen molar-refractivity contribution in [3.63, 3.8) is 0 Å². The molecule has 19 heavy (non-hydrogen) atoms. The molecule has 1 aromatic carbocycles. The van der Waals surface area contributed by atoms with Crippen molar-refractivity contribution in [2.45, 2.75) is 0 Å². The molecular weight excluding hydrogens is 384 g/mol. The van der Waals surface area contributed by atoms with Gasteiger partial charge in [-0.2, -0.15) is 9.97 Å². The van der Waals surface area contributed by atoms with Crippen molar-refractivity contribution in [1.29, 1.82) is 0 Å². The molecule has 0 amide bonds. The molecule has 2 aromatic rings. The number of ether oxygens (including phenoxy) is 1. The van der Waals surface area contributed by atoms with Crippen LogP contribution in [-0.2, 0) is 0 Å². The number of rotatable bonds is 3. The third-order valence-corrected chi connectivity index (χ3v) is 2.91. The summed E-state index contributed by atoms with van der Waals surface area (Å²) in [6, 6.07) is 5.81. The fraction of sp³-hybridized carbons (Fsp3) is 0. The smallest absolute Gasteiger partial charge is 0.325 e. The highest BCUT2D eigenvalue weighted by molar-refractivity contribution is 9.10. The summed E-state index contributed by atoms with van der Waals surface area (Å²) < 4.78 is 6.29. The maximum absolute atomic E-state index is 10.9. The molecule has 2 rings (SSSR count). The zero-order valence-electron chi connectivity index (χ0n) is 9.21. The second kappa shape index (κ2) is 5.49. The largest absolute Gasteiger partial charge is 0.417 e. The highest BCUT2D eigenvalue weighted by Crippen LogP contribution is 2.33. The van der Waals surface area contributed by atoms with Crippen LogP contribution in [0.5, 0.6) is 11.8 Å². The number of hydrogen-bond acceptors (Lipinski definition) is 6. The highest BCUT2D eigenvalue weighted by atomic mass is 79.9. The first kappa shape index (κ1) is 13.7. The molecule has 9 heteroatoms. The first-order valence-corrected chi connectivity index (χ1v) is 6.46. The minimum Gasteiger partial charge on any atom is -0.417 e. The van der Waals surface area contributed by atoms with E-state index in [0.717, 1.165) is 0 Å². The SMILES string of the molecule is Nc1cc(Br)nc(Oc2ccc(Br)cc2[N+](=O)[O-])n1. The lowest BCUT2D eigenvalue weighted by Gasteiger charge is -2.05. The topological polar surface area (TPSA) is 104 Å². The Kier molecular flexibility index (Phi) is 3.96. The van der Waals surface area contributed by atoms with E-state index in [0.29, 0.717) is 9.08 Å². The Balaban J connectivity index is 2.40. The Morgan fingerprint density at radius 1 is 1.26 bits per heavy atom. The van der Waals surface area contributed by atoms with Gasteiger partial charge in [0, 0.05) is 16.6 Å². The summed E-state index contributed by atoms with van der Waals surface area (Å²) in [5, 5.41) is 10.9. The van der Waals surface area contributed by atoms with Crippen LogP contribution in [0.3, 0.4) is 0 Å². The van der Waals surface area contributed by atoms with Gasteiger partial charge in [-0.1, -0.05) is 15.9 Å². The molecule has 1 aromatic heterocycles. The number of nitrogen functional groups attached to an aromatic ring is 1. The number of anilines is 1. The minimum atomic E-state index is -0.554. The van der Waals surface area contributed by atoms with Crippen LogP contribution in [0.15, 0.2) is 33.3 Å². The van der Waals surface area contributed by atoms with Crippen LogP contribution in [0.4, 0.5) is 11.5 Å². The lowest BCUT2D eigenvalue weighted by atomic mass is 10.3. The fourth-order valence-electron chi connectivity index (χ4n) is 1.28. The standard InChI is InChI=1S/C10H6Br2N4O3/c11-5-1-2-7(6(3-5)16(17)18)19-10-14-8(12)4-9(13)15-10/h1-4H,(H2,13,14,15). The van der Waals surface area contributed by atoms with E-state index in [1.807, 2.05) is 0 Å².